The molecule has 0 bridgehead atoms. The Balaban J connectivity index is 2.80. The minimum atomic E-state index is -0.258. The first-order chi connectivity index (χ1) is 7.60. The van der Waals surface area contributed by atoms with Gasteiger partial charge in [0.25, 0.3) is 0 Å². The van der Waals surface area contributed by atoms with E-state index < -0.39 is 0 Å². The van der Waals surface area contributed by atoms with Crippen LogP contribution in [0.1, 0.15) is 19.0 Å². The average Bonchev–Trinajstić information content (AvgIpc) is 2.53. The van der Waals surface area contributed by atoms with Crippen molar-refractivity contribution in [2.75, 3.05) is 18.6 Å². The summed E-state index contributed by atoms with van der Waals surface area (Å²) in [6.07, 6.45) is 0.979. The van der Waals surface area contributed by atoms with Crippen LogP contribution in [0.15, 0.2) is 5.03 Å². The van der Waals surface area contributed by atoms with Gasteiger partial charge in [-0.25, -0.2) is 0 Å². The number of anilines is 1. The lowest BCUT2D eigenvalue weighted by Crippen LogP contribution is -2.06. The molecule has 1 aromatic rings. The zero-order valence-corrected chi connectivity index (χ0v) is 10.6. The van der Waals surface area contributed by atoms with E-state index in [0.717, 1.165) is 23.7 Å². The molecule has 0 saturated heterocycles. The molecule has 90 valence electrons. The molecule has 0 aliphatic heterocycles. The molecule has 5 nitrogen and oxygen atoms in total. The van der Waals surface area contributed by atoms with Gasteiger partial charge in [0.1, 0.15) is 5.03 Å². The van der Waals surface area contributed by atoms with Crippen LogP contribution in [0.5, 0.6) is 0 Å². The molecule has 0 spiro atoms. The van der Waals surface area contributed by atoms with Crippen LogP contribution < -0.4 is 5.73 Å². The lowest BCUT2D eigenvalue weighted by Gasteiger charge is -2.05. The summed E-state index contributed by atoms with van der Waals surface area (Å²) in [5.41, 5.74) is 7.37. The summed E-state index contributed by atoms with van der Waals surface area (Å²) in [6, 6.07) is 0. The third-order valence-electron chi connectivity index (χ3n) is 2.12. The number of hydrogen-bond donors (Lipinski definition) is 1. The number of nitrogen functional groups attached to an aromatic ring is 1. The van der Waals surface area contributed by atoms with Crippen molar-refractivity contribution in [2.45, 2.75) is 31.8 Å². The number of aryl methyl sites for hydroxylation is 2. The van der Waals surface area contributed by atoms with Gasteiger partial charge >= 0.3 is 5.97 Å². The van der Waals surface area contributed by atoms with Crippen molar-refractivity contribution in [2.24, 2.45) is 0 Å². The normalized spacial score (nSPS) is 10.4. The van der Waals surface area contributed by atoms with Crippen molar-refractivity contribution in [1.82, 2.24) is 9.78 Å². The fourth-order valence-corrected chi connectivity index (χ4v) is 2.23. The van der Waals surface area contributed by atoms with E-state index in [1.54, 1.807) is 0 Å². The van der Waals surface area contributed by atoms with E-state index in [-0.39, 0.29) is 11.7 Å². The predicted octanol–water partition coefficient (Wildman–Crippen LogP) is 1.45. The summed E-state index contributed by atoms with van der Waals surface area (Å²) >= 11 is 1.37. The second-order valence-corrected chi connectivity index (χ2v) is 4.36. The van der Waals surface area contributed by atoms with Gasteiger partial charge in [0.15, 0.2) is 0 Å². The number of ether oxygens (including phenoxy) is 1. The summed E-state index contributed by atoms with van der Waals surface area (Å²) in [5.74, 6) is 0.00142. The lowest BCUT2D eigenvalue weighted by atomic mass is 10.4. The maximum absolute atomic E-state index is 11.1. The van der Waals surface area contributed by atoms with E-state index in [2.05, 4.69) is 16.8 Å². The molecule has 0 aromatic carbocycles. The van der Waals surface area contributed by atoms with Gasteiger partial charge in [-0.15, -0.1) is 0 Å². The van der Waals surface area contributed by atoms with Gasteiger partial charge in [-0.05, 0) is 13.3 Å². The van der Waals surface area contributed by atoms with E-state index >= 15 is 0 Å². The van der Waals surface area contributed by atoms with E-state index in [0.29, 0.717) is 5.69 Å². The molecule has 0 radical (unpaired) electrons. The first-order valence-corrected chi connectivity index (χ1v) is 6.11. The van der Waals surface area contributed by atoms with Crippen molar-refractivity contribution in [3.05, 3.63) is 5.69 Å². The Morgan fingerprint density at radius 3 is 2.88 bits per heavy atom. The maximum Gasteiger partial charge on any atom is 0.316 e. The molecule has 2 N–H and O–H groups in total. The highest BCUT2D eigenvalue weighted by atomic mass is 32.2. The first-order valence-electron chi connectivity index (χ1n) is 5.12. The molecule has 1 heterocycles. The Morgan fingerprint density at radius 1 is 1.62 bits per heavy atom. The van der Waals surface area contributed by atoms with Crippen molar-refractivity contribution >= 4 is 23.4 Å². The summed E-state index contributed by atoms with van der Waals surface area (Å²) < 4.78 is 6.43. The molecule has 0 saturated carbocycles. The van der Waals surface area contributed by atoms with Gasteiger partial charge in [0.05, 0.1) is 24.2 Å². The van der Waals surface area contributed by atoms with Gasteiger partial charge < -0.3 is 10.5 Å². The minimum Gasteiger partial charge on any atom is -0.468 e. The summed E-state index contributed by atoms with van der Waals surface area (Å²) in [5, 5.41) is 5.17. The topological polar surface area (TPSA) is 70.1 Å². The predicted molar refractivity (Wildman–Crippen MR) is 64.4 cm³/mol. The van der Waals surface area contributed by atoms with Crippen molar-refractivity contribution in [3.63, 3.8) is 0 Å². The maximum atomic E-state index is 11.1. The van der Waals surface area contributed by atoms with Crippen LogP contribution in [0.4, 0.5) is 5.69 Å². The first kappa shape index (κ1) is 12.9. The van der Waals surface area contributed by atoms with Crippen LogP contribution in [0.2, 0.25) is 0 Å². The number of nitrogens with zero attached hydrogens (tertiary/aromatic N) is 2. The lowest BCUT2D eigenvalue weighted by molar-refractivity contribution is -0.137. The quantitative estimate of drug-likeness (QED) is 0.626. The number of aromatic nitrogens is 2. The largest absolute Gasteiger partial charge is 0.468 e. The fraction of sp³-hybridized carbons (Fsp3) is 0.600. The second kappa shape index (κ2) is 5.79. The molecular formula is C10H17N3O2S. The summed E-state index contributed by atoms with van der Waals surface area (Å²) in [6.45, 7) is 4.74. The number of hydrogen-bond acceptors (Lipinski definition) is 5. The average molecular weight is 243 g/mol. The van der Waals surface area contributed by atoms with Gasteiger partial charge in [0, 0.05) is 6.54 Å². The number of nitrogens with two attached hydrogens (primary N) is 1. The molecular weight excluding hydrogens is 226 g/mol. The third kappa shape index (κ3) is 2.91. The van der Waals surface area contributed by atoms with E-state index in [1.165, 1.54) is 18.9 Å². The van der Waals surface area contributed by atoms with Crippen LogP contribution in [-0.4, -0.2) is 28.6 Å². The van der Waals surface area contributed by atoms with E-state index in [9.17, 15) is 4.79 Å². The molecule has 0 fully saturated rings. The van der Waals surface area contributed by atoms with Crippen LogP contribution in [0.25, 0.3) is 0 Å². The number of carbonyl (C=O) groups is 1. The van der Waals surface area contributed by atoms with Gasteiger partial charge in [-0.1, -0.05) is 18.7 Å². The monoisotopic (exact) mass is 243 g/mol. The highest BCUT2D eigenvalue weighted by molar-refractivity contribution is 8.00. The molecule has 1 rings (SSSR count). The molecule has 16 heavy (non-hydrogen) atoms. The molecule has 6 heteroatoms. The molecule has 0 amide bonds. The van der Waals surface area contributed by atoms with Crippen molar-refractivity contribution < 1.29 is 9.53 Å². The fourth-order valence-electron chi connectivity index (χ4n) is 1.28. The molecule has 1 aromatic heterocycles. The zero-order chi connectivity index (χ0) is 12.1. The highest BCUT2D eigenvalue weighted by Crippen LogP contribution is 2.27. The number of methoxy groups -OCH3 is 1. The van der Waals surface area contributed by atoms with Crippen LogP contribution in [0.3, 0.4) is 0 Å². The summed E-state index contributed by atoms with van der Waals surface area (Å²) in [4.78, 5) is 11.1. The molecule has 0 atom stereocenters. The van der Waals surface area contributed by atoms with E-state index in [1.807, 2.05) is 11.6 Å². The van der Waals surface area contributed by atoms with E-state index in [4.69, 9.17) is 5.73 Å². The van der Waals surface area contributed by atoms with Crippen molar-refractivity contribution in [1.29, 1.82) is 0 Å². The SMILES string of the molecule is CCCn1nc(C)c(N)c1SCC(=O)OC. The molecule has 0 unspecified atom stereocenters. The minimum absolute atomic E-state index is 0.258. The Morgan fingerprint density at radius 2 is 2.31 bits per heavy atom. The Labute approximate surface area is 99.3 Å². The Hall–Kier alpha value is -1.17. The standard InChI is InChI=1S/C10H17N3O2S/c1-4-5-13-10(9(11)7(2)12-13)16-6-8(14)15-3/h4-6,11H2,1-3H3. The Kier molecular flexibility index (Phi) is 4.67. The van der Waals surface area contributed by atoms with Gasteiger partial charge in [-0.2, -0.15) is 5.10 Å². The molecule has 0 aliphatic rings. The third-order valence-corrected chi connectivity index (χ3v) is 3.20. The summed E-state index contributed by atoms with van der Waals surface area (Å²) in [7, 11) is 1.38. The molecule has 0 aliphatic carbocycles. The van der Waals surface area contributed by atoms with Crippen LogP contribution >= 0.6 is 11.8 Å². The van der Waals surface area contributed by atoms with Gasteiger partial charge in [0.2, 0.25) is 0 Å². The Bertz CT molecular complexity index is 376. The van der Waals surface area contributed by atoms with Gasteiger partial charge in [-0.3, -0.25) is 9.48 Å². The van der Waals surface area contributed by atoms with Crippen molar-refractivity contribution in [3.8, 4) is 0 Å². The second-order valence-electron chi connectivity index (χ2n) is 3.39. The smallest absolute Gasteiger partial charge is 0.316 e. The van der Waals surface area contributed by atoms with Crippen LogP contribution in [0, 0.1) is 6.92 Å². The number of thioether (sulfide) groups is 1. The highest BCUT2D eigenvalue weighted by Gasteiger charge is 2.14. The zero-order valence-electron chi connectivity index (χ0n) is 9.82. The number of carbonyl (C=O) groups excluding carboxylic acids is 1. The number of rotatable bonds is 5. The van der Waals surface area contributed by atoms with Crippen LogP contribution in [-0.2, 0) is 16.1 Å². The number of esters is 1.